The summed E-state index contributed by atoms with van der Waals surface area (Å²) in [4.78, 5) is 8.30. The fourth-order valence-electron chi connectivity index (χ4n) is 2.61. The van der Waals surface area contributed by atoms with E-state index in [2.05, 4.69) is 54.1 Å². The summed E-state index contributed by atoms with van der Waals surface area (Å²) in [6, 6.07) is 13.0. The molecule has 2 heterocycles. The second-order valence-electron chi connectivity index (χ2n) is 5.35. The monoisotopic (exact) mass is 284 g/mol. The van der Waals surface area contributed by atoms with Crippen LogP contribution in [-0.4, -0.2) is 16.8 Å². The lowest BCUT2D eigenvalue weighted by molar-refractivity contribution is 0.726. The third-order valence-electron chi connectivity index (χ3n) is 3.82. The van der Waals surface area contributed by atoms with E-state index in [1.165, 1.54) is 22.6 Å². The van der Waals surface area contributed by atoms with Crippen LogP contribution in [0.25, 0.3) is 0 Å². The molecule has 0 fully saturated rings. The summed E-state index contributed by atoms with van der Waals surface area (Å²) in [5.41, 5.74) is 3.82. The largest absolute Gasteiger partial charge is 0.366 e. The maximum absolute atomic E-state index is 4.41. The highest BCUT2D eigenvalue weighted by molar-refractivity contribution is 8.00. The fourth-order valence-corrected chi connectivity index (χ4v) is 3.74. The molecule has 1 atom stereocenters. The van der Waals surface area contributed by atoms with Gasteiger partial charge in [0.2, 0.25) is 0 Å². The van der Waals surface area contributed by atoms with Crippen LogP contribution in [0, 0.1) is 6.92 Å². The Balaban J connectivity index is 1.92. The van der Waals surface area contributed by atoms with Crippen LogP contribution in [0.4, 0.5) is 5.69 Å². The maximum Gasteiger partial charge on any atom is 0.0507 e. The van der Waals surface area contributed by atoms with Crippen LogP contribution in [0.3, 0.4) is 0 Å². The summed E-state index contributed by atoms with van der Waals surface area (Å²) < 4.78 is 0. The maximum atomic E-state index is 4.41. The lowest BCUT2D eigenvalue weighted by Crippen LogP contribution is -2.24. The average Bonchev–Trinajstić information content (AvgIpc) is 2.61. The molecule has 0 saturated carbocycles. The quantitative estimate of drug-likeness (QED) is 0.819. The summed E-state index contributed by atoms with van der Waals surface area (Å²) in [7, 11) is 0. The SMILES string of the molecule is Cc1ncccc1CN1CC[C@@H](C)Sc2ccccc21. The van der Waals surface area contributed by atoms with Crippen molar-refractivity contribution >= 4 is 17.4 Å². The van der Waals surface area contributed by atoms with Crippen LogP contribution >= 0.6 is 11.8 Å². The molecule has 0 saturated heterocycles. The minimum atomic E-state index is 0.677. The van der Waals surface area contributed by atoms with E-state index in [4.69, 9.17) is 0 Å². The Bertz CT molecular complexity index is 597. The molecule has 2 aromatic rings. The van der Waals surface area contributed by atoms with Gasteiger partial charge < -0.3 is 4.90 Å². The molecule has 0 amide bonds. The molecule has 3 rings (SSSR count). The van der Waals surface area contributed by atoms with Gasteiger partial charge in [0.25, 0.3) is 0 Å². The van der Waals surface area contributed by atoms with E-state index in [0.717, 1.165) is 18.8 Å². The van der Waals surface area contributed by atoms with E-state index >= 15 is 0 Å². The second kappa shape index (κ2) is 5.88. The Morgan fingerprint density at radius 1 is 1.25 bits per heavy atom. The first kappa shape index (κ1) is 13.5. The first-order valence-electron chi connectivity index (χ1n) is 7.15. The minimum absolute atomic E-state index is 0.677. The van der Waals surface area contributed by atoms with Crippen LogP contribution in [0.15, 0.2) is 47.5 Å². The summed E-state index contributed by atoms with van der Waals surface area (Å²) in [6.45, 7) is 6.47. The number of pyridine rings is 1. The van der Waals surface area contributed by atoms with Gasteiger partial charge in [-0.2, -0.15) is 0 Å². The molecule has 1 aliphatic heterocycles. The van der Waals surface area contributed by atoms with Crippen molar-refractivity contribution < 1.29 is 0 Å². The van der Waals surface area contributed by atoms with Crippen molar-refractivity contribution in [3.05, 3.63) is 53.9 Å². The number of hydrogen-bond donors (Lipinski definition) is 0. The Morgan fingerprint density at radius 3 is 2.95 bits per heavy atom. The Morgan fingerprint density at radius 2 is 2.10 bits per heavy atom. The standard InChI is InChI=1S/C17H20N2S/c1-13-9-11-19(12-15-6-5-10-18-14(15)2)16-7-3-4-8-17(16)20-13/h3-8,10,13H,9,11-12H2,1-2H3/t13-/m1/s1. The average molecular weight is 284 g/mol. The number of aryl methyl sites for hydroxylation is 1. The minimum Gasteiger partial charge on any atom is -0.366 e. The van der Waals surface area contributed by atoms with Crippen molar-refractivity contribution in [2.24, 2.45) is 0 Å². The van der Waals surface area contributed by atoms with Gasteiger partial charge in [-0.05, 0) is 37.1 Å². The second-order valence-corrected chi connectivity index (χ2v) is 6.83. The smallest absolute Gasteiger partial charge is 0.0507 e. The van der Waals surface area contributed by atoms with Crippen molar-refractivity contribution in [2.75, 3.05) is 11.4 Å². The summed E-state index contributed by atoms with van der Waals surface area (Å²) in [5, 5.41) is 0.677. The summed E-state index contributed by atoms with van der Waals surface area (Å²) >= 11 is 1.99. The first-order valence-corrected chi connectivity index (χ1v) is 8.03. The molecule has 2 nitrogen and oxygen atoms in total. The van der Waals surface area contributed by atoms with Gasteiger partial charge in [0, 0.05) is 35.1 Å². The van der Waals surface area contributed by atoms with E-state index in [0.29, 0.717) is 5.25 Å². The van der Waals surface area contributed by atoms with Crippen molar-refractivity contribution in [2.45, 2.75) is 37.0 Å². The number of aromatic nitrogens is 1. The molecule has 0 aliphatic carbocycles. The lowest BCUT2D eigenvalue weighted by atomic mass is 10.1. The van der Waals surface area contributed by atoms with Gasteiger partial charge in [-0.3, -0.25) is 4.98 Å². The first-order chi connectivity index (χ1) is 9.74. The summed E-state index contributed by atoms with van der Waals surface area (Å²) in [5.74, 6) is 0. The zero-order valence-corrected chi connectivity index (χ0v) is 12.9. The Hall–Kier alpha value is -1.48. The molecule has 0 unspecified atom stereocenters. The van der Waals surface area contributed by atoms with Gasteiger partial charge in [0.1, 0.15) is 0 Å². The zero-order chi connectivity index (χ0) is 13.9. The van der Waals surface area contributed by atoms with Crippen molar-refractivity contribution in [3.8, 4) is 0 Å². The Kier molecular flexibility index (Phi) is 3.97. The van der Waals surface area contributed by atoms with E-state index in [9.17, 15) is 0 Å². The number of hydrogen-bond acceptors (Lipinski definition) is 3. The highest BCUT2D eigenvalue weighted by atomic mass is 32.2. The number of thioether (sulfide) groups is 1. The molecule has 0 radical (unpaired) electrons. The fraction of sp³-hybridized carbons (Fsp3) is 0.353. The number of rotatable bonds is 2. The third-order valence-corrected chi connectivity index (χ3v) is 5.05. The van der Waals surface area contributed by atoms with Crippen molar-refractivity contribution in [1.82, 2.24) is 4.98 Å². The highest BCUT2D eigenvalue weighted by Crippen LogP contribution is 2.37. The molecule has 0 N–H and O–H groups in total. The molecular formula is C17H20N2S. The van der Waals surface area contributed by atoms with Gasteiger partial charge in [-0.15, -0.1) is 11.8 Å². The molecule has 0 bridgehead atoms. The number of para-hydroxylation sites is 1. The van der Waals surface area contributed by atoms with Gasteiger partial charge in [-0.1, -0.05) is 25.1 Å². The molecule has 0 spiro atoms. The molecule has 1 aromatic heterocycles. The molecule has 1 aliphatic rings. The normalized spacial score (nSPS) is 18.5. The lowest BCUT2D eigenvalue weighted by Gasteiger charge is -2.25. The number of nitrogens with zero attached hydrogens (tertiary/aromatic N) is 2. The molecule has 20 heavy (non-hydrogen) atoms. The van der Waals surface area contributed by atoms with Crippen LogP contribution in [0.2, 0.25) is 0 Å². The molecule has 3 heteroatoms. The molecule has 104 valence electrons. The van der Waals surface area contributed by atoms with E-state index in [-0.39, 0.29) is 0 Å². The van der Waals surface area contributed by atoms with E-state index in [1.807, 2.05) is 24.0 Å². The molecular weight excluding hydrogens is 264 g/mol. The summed E-state index contributed by atoms with van der Waals surface area (Å²) in [6.07, 6.45) is 3.09. The predicted molar refractivity (Wildman–Crippen MR) is 86.4 cm³/mol. The number of fused-ring (bicyclic) bond motifs is 1. The highest BCUT2D eigenvalue weighted by Gasteiger charge is 2.19. The Labute approximate surface area is 125 Å². The van der Waals surface area contributed by atoms with Gasteiger partial charge in [-0.25, -0.2) is 0 Å². The predicted octanol–water partition coefficient (Wildman–Crippen LogP) is 4.28. The van der Waals surface area contributed by atoms with Crippen LogP contribution < -0.4 is 4.90 Å². The molecule has 1 aromatic carbocycles. The van der Waals surface area contributed by atoms with E-state index in [1.54, 1.807) is 0 Å². The van der Waals surface area contributed by atoms with E-state index < -0.39 is 0 Å². The van der Waals surface area contributed by atoms with Crippen molar-refractivity contribution in [3.63, 3.8) is 0 Å². The number of anilines is 1. The number of benzene rings is 1. The van der Waals surface area contributed by atoms with Crippen LogP contribution in [-0.2, 0) is 6.54 Å². The van der Waals surface area contributed by atoms with Gasteiger partial charge in [0.15, 0.2) is 0 Å². The van der Waals surface area contributed by atoms with Gasteiger partial charge in [0.05, 0.1) is 5.69 Å². The zero-order valence-electron chi connectivity index (χ0n) is 12.0. The third kappa shape index (κ3) is 2.83. The van der Waals surface area contributed by atoms with Crippen LogP contribution in [0.1, 0.15) is 24.6 Å². The van der Waals surface area contributed by atoms with Crippen molar-refractivity contribution in [1.29, 1.82) is 0 Å². The topological polar surface area (TPSA) is 16.1 Å². The van der Waals surface area contributed by atoms with Gasteiger partial charge >= 0.3 is 0 Å². The van der Waals surface area contributed by atoms with Crippen LogP contribution in [0.5, 0.6) is 0 Å².